The van der Waals surface area contributed by atoms with Crippen molar-refractivity contribution in [2.75, 3.05) is 0 Å². The Hall–Kier alpha value is -0.795. The molecule has 0 radical (unpaired) electrons. The molecule has 0 aromatic heterocycles. The Kier molecular flexibility index (Phi) is 3.52. The lowest BCUT2D eigenvalue weighted by Gasteiger charge is -2.05. The van der Waals surface area contributed by atoms with Gasteiger partial charge in [-0.2, -0.15) is 0 Å². The van der Waals surface area contributed by atoms with Crippen molar-refractivity contribution in [2.24, 2.45) is 5.92 Å². The lowest BCUT2D eigenvalue weighted by atomic mass is 9.80. The Balaban J connectivity index is 0. The van der Waals surface area contributed by atoms with E-state index in [-0.39, 0.29) is 2.85 Å². The van der Waals surface area contributed by atoms with Gasteiger partial charge in [0.15, 0.2) is 0 Å². The van der Waals surface area contributed by atoms with Crippen LogP contribution in [-0.2, 0) is 6.42 Å². The summed E-state index contributed by atoms with van der Waals surface area (Å²) in [6.07, 6.45) is 1.03. The van der Waals surface area contributed by atoms with Crippen LogP contribution in [0.2, 0.25) is 0 Å². The van der Waals surface area contributed by atoms with Gasteiger partial charge in [-0.25, -0.2) is 0 Å². The molecule has 0 aliphatic heterocycles. The number of rotatable bonds is 3. The summed E-state index contributed by atoms with van der Waals surface area (Å²) < 4.78 is 0. The van der Waals surface area contributed by atoms with Gasteiger partial charge in [-0.15, -0.1) is 0 Å². The second kappa shape index (κ2) is 4.44. The average molecular weight is 182 g/mol. The van der Waals surface area contributed by atoms with E-state index >= 15 is 0 Å². The van der Waals surface area contributed by atoms with E-state index < -0.39 is 7.12 Å². The highest BCUT2D eigenvalue weighted by Gasteiger charge is 2.09. The lowest BCUT2D eigenvalue weighted by molar-refractivity contribution is 0.426. The molecule has 2 N–H and O–H groups in total. The maximum atomic E-state index is 8.85. The summed E-state index contributed by atoms with van der Waals surface area (Å²) in [6.45, 7) is 4.32. The van der Waals surface area contributed by atoms with Crippen LogP contribution in [0.3, 0.4) is 0 Å². The Morgan fingerprint density at radius 1 is 1.23 bits per heavy atom. The third kappa shape index (κ3) is 3.21. The molecular formula is C10H19BO2. The van der Waals surface area contributed by atoms with E-state index in [1.807, 2.05) is 12.1 Å². The standard InChI is InChI=1S/C10H15BO2.2H2/c1-8(2)7-9-3-5-10(6-4-9)11(12)13;;/h3-6,8,12-13H,7H2,1-2H3;2*1H. The quantitative estimate of drug-likeness (QED) is 0.686. The molecule has 1 aromatic rings. The fraction of sp³-hybridized carbons (Fsp3) is 0.400. The predicted octanol–water partition coefficient (Wildman–Crippen LogP) is 1.06. The van der Waals surface area contributed by atoms with Gasteiger partial charge in [-0.05, 0) is 23.4 Å². The van der Waals surface area contributed by atoms with Gasteiger partial charge in [0.25, 0.3) is 0 Å². The second-order valence-electron chi connectivity index (χ2n) is 3.71. The number of hydrogen-bond acceptors (Lipinski definition) is 2. The second-order valence-corrected chi connectivity index (χ2v) is 3.71. The molecule has 3 heteroatoms. The van der Waals surface area contributed by atoms with Crippen LogP contribution in [0.25, 0.3) is 0 Å². The largest absolute Gasteiger partial charge is 0.488 e. The van der Waals surface area contributed by atoms with Crippen molar-refractivity contribution in [2.45, 2.75) is 20.3 Å². The molecule has 74 valence electrons. The van der Waals surface area contributed by atoms with Crippen LogP contribution < -0.4 is 5.46 Å². The Morgan fingerprint density at radius 2 is 1.77 bits per heavy atom. The smallest absolute Gasteiger partial charge is 0.423 e. The Bertz CT molecular complexity index is 263. The molecule has 1 aromatic carbocycles. The highest BCUT2D eigenvalue weighted by atomic mass is 16.4. The first kappa shape index (κ1) is 10.3. The molecule has 0 aliphatic carbocycles. The molecule has 0 saturated carbocycles. The molecule has 0 heterocycles. The topological polar surface area (TPSA) is 40.5 Å². The third-order valence-electron chi connectivity index (χ3n) is 1.92. The van der Waals surface area contributed by atoms with Gasteiger partial charge in [-0.3, -0.25) is 0 Å². The van der Waals surface area contributed by atoms with Crippen LogP contribution in [0, 0.1) is 5.92 Å². The molecule has 0 fully saturated rings. The zero-order chi connectivity index (χ0) is 9.84. The van der Waals surface area contributed by atoms with E-state index in [2.05, 4.69) is 13.8 Å². The van der Waals surface area contributed by atoms with E-state index in [1.165, 1.54) is 5.56 Å². The van der Waals surface area contributed by atoms with E-state index in [1.54, 1.807) is 12.1 Å². The first-order valence-electron chi connectivity index (χ1n) is 4.54. The molecule has 0 saturated heterocycles. The molecule has 2 nitrogen and oxygen atoms in total. The predicted molar refractivity (Wildman–Crippen MR) is 59.0 cm³/mol. The van der Waals surface area contributed by atoms with Crippen molar-refractivity contribution < 1.29 is 12.9 Å². The summed E-state index contributed by atoms with van der Waals surface area (Å²) in [5.74, 6) is 0.630. The van der Waals surface area contributed by atoms with Crippen molar-refractivity contribution in [3.63, 3.8) is 0 Å². The first-order chi connectivity index (χ1) is 6.09. The molecule has 0 aliphatic rings. The summed E-state index contributed by atoms with van der Waals surface area (Å²) in [7, 11) is -1.35. The van der Waals surface area contributed by atoms with Crippen LogP contribution >= 0.6 is 0 Å². The molecule has 0 atom stereocenters. The minimum Gasteiger partial charge on any atom is -0.423 e. The molecular weight excluding hydrogens is 163 g/mol. The number of benzene rings is 1. The summed E-state index contributed by atoms with van der Waals surface area (Å²) in [4.78, 5) is 0. The van der Waals surface area contributed by atoms with Crippen LogP contribution in [0.15, 0.2) is 24.3 Å². The third-order valence-corrected chi connectivity index (χ3v) is 1.92. The van der Waals surface area contributed by atoms with Crippen LogP contribution in [0.1, 0.15) is 22.3 Å². The van der Waals surface area contributed by atoms with Crippen molar-refractivity contribution in [3.8, 4) is 0 Å². The van der Waals surface area contributed by atoms with Gasteiger partial charge in [0.1, 0.15) is 0 Å². The first-order valence-corrected chi connectivity index (χ1v) is 4.54. The molecule has 0 spiro atoms. The molecule has 0 bridgehead atoms. The van der Waals surface area contributed by atoms with Gasteiger partial charge in [0, 0.05) is 2.85 Å². The Labute approximate surface area is 82.3 Å². The molecule has 0 amide bonds. The monoisotopic (exact) mass is 182 g/mol. The Morgan fingerprint density at radius 3 is 2.15 bits per heavy atom. The normalized spacial score (nSPS) is 10.5. The van der Waals surface area contributed by atoms with Crippen LogP contribution in [-0.4, -0.2) is 17.2 Å². The highest BCUT2D eigenvalue weighted by Crippen LogP contribution is 2.05. The van der Waals surface area contributed by atoms with Crippen molar-refractivity contribution in [3.05, 3.63) is 29.8 Å². The van der Waals surface area contributed by atoms with Gasteiger partial charge >= 0.3 is 7.12 Å². The lowest BCUT2D eigenvalue weighted by Crippen LogP contribution is -2.29. The molecule has 13 heavy (non-hydrogen) atoms. The van der Waals surface area contributed by atoms with Crippen LogP contribution in [0.5, 0.6) is 0 Å². The van der Waals surface area contributed by atoms with E-state index in [9.17, 15) is 0 Å². The van der Waals surface area contributed by atoms with E-state index in [0.29, 0.717) is 11.4 Å². The average Bonchev–Trinajstić information content (AvgIpc) is 2.04. The maximum absolute atomic E-state index is 8.85. The van der Waals surface area contributed by atoms with Gasteiger partial charge < -0.3 is 10.0 Å². The minimum atomic E-state index is -1.35. The van der Waals surface area contributed by atoms with Crippen molar-refractivity contribution >= 4 is 12.6 Å². The minimum absolute atomic E-state index is 0. The zero-order valence-corrected chi connectivity index (χ0v) is 8.07. The van der Waals surface area contributed by atoms with Crippen LogP contribution in [0.4, 0.5) is 0 Å². The summed E-state index contributed by atoms with van der Waals surface area (Å²) >= 11 is 0. The molecule has 0 unspecified atom stereocenters. The highest BCUT2D eigenvalue weighted by molar-refractivity contribution is 6.58. The fourth-order valence-corrected chi connectivity index (χ4v) is 1.30. The van der Waals surface area contributed by atoms with Gasteiger partial charge in [-0.1, -0.05) is 38.1 Å². The zero-order valence-electron chi connectivity index (χ0n) is 8.07. The van der Waals surface area contributed by atoms with E-state index in [0.717, 1.165) is 6.42 Å². The summed E-state index contributed by atoms with van der Waals surface area (Å²) in [5.41, 5.74) is 1.78. The van der Waals surface area contributed by atoms with Gasteiger partial charge in [0.05, 0.1) is 0 Å². The SMILES string of the molecule is CC(C)Cc1ccc(B(O)O)cc1.[HH].[HH]. The summed E-state index contributed by atoms with van der Waals surface area (Å²) in [5, 5.41) is 17.7. The molecule has 1 rings (SSSR count). The summed E-state index contributed by atoms with van der Waals surface area (Å²) in [6, 6.07) is 7.38. The van der Waals surface area contributed by atoms with Crippen molar-refractivity contribution in [1.82, 2.24) is 0 Å². The fourth-order valence-electron chi connectivity index (χ4n) is 1.30. The van der Waals surface area contributed by atoms with E-state index in [4.69, 9.17) is 10.0 Å². The van der Waals surface area contributed by atoms with Gasteiger partial charge in [0.2, 0.25) is 0 Å². The number of hydrogen-bond donors (Lipinski definition) is 2. The maximum Gasteiger partial charge on any atom is 0.488 e. The van der Waals surface area contributed by atoms with Crippen molar-refractivity contribution in [1.29, 1.82) is 0 Å².